The van der Waals surface area contributed by atoms with Crippen LogP contribution in [0.4, 0.5) is 0 Å². The molecule has 0 saturated carbocycles. The quantitative estimate of drug-likeness (QED) is 0.760. The Kier molecular flexibility index (Phi) is 6.02. The molecule has 1 aliphatic heterocycles. The van der Waals surface area contributed by atoms with E-state index in [-0.39, 0.29) is 21.6 Å². The van der Waals surface area contributed by atoms with Gasteiger partial charge in [0.25, 0.3) is 5.91 Å². The van der Waals surface area contributed by atoms with Gasteiger partial charge in [-0.1, -0.05) is 6.92 Å². The van der Waals surface area contributed by atoms with E-state index in [9.17, 15) is 13.2 Å². The first kappa shape index (κ1) is 20.0. The van der Waals surface area contributed by atoms with Crippen molar-refractivity contribution in [3.8, 4) is 0 Å². The van der Waals surface area contributed by atoms with Crippen LogP contribution in [0.2, 0.25) is 0 Å². The summed E-state index contributed by atoms with van der Waals surface area (Å²) < 4.78 is 29.0. The van der Waals surface area contributed by atoms with Crippen LogP contribution < -0.4 is 5.32 Å². The SMILES string of the molecule is Cc1cc(C)n(C[C@@H](C)CNC(=O)c2sccc2S(=O)(=O)N2CCCC2)n1. The summed E-state index contributed by atoms with van der Waals surface area (Å²) in [5, 5.41) is 8.98. The molecule has 0 unspecified atom stereocenters. The van der Waals surface area contributed by atoms with Crippen LogP contribution in [0.25, 0.3) is 0 Å². The van der Waals surface area contributed by atoms with Crippen LogP contribution in [0, 0.1) is 19.8 Å². The Labute approximate surface area is 164 Å². The second-order valence-corrected chi connectivity index (χ2v) is 9.97. The lowest BCUT2D eigenvalue weighted by Gasteiger charge is -2.16. The van der Waals surface area contributed by atoms with Crippen molar-refractivity contribution in [3.05, 3.63) is 33.8 Å². The second kappa shape index (κ2) is 8.12. The van der Waals surface area contributed by atoms with Gasteiger partial charge < -0.3 is 5.32 Å². The van der Waals surface area contributed by atoms with Gasteiger partial charge in [-0.25, -0.2) is 8.42 Å². The topological polar surface area (TPSA) is 84.3 Å². The van der Waals surface area contributed by atoms with Crippen LogP contribution in [-0.2, 0) is 16.6 Å². The number of sulfonamides is 1. The summed E-state index contributed by atoms with van der Waals surface area (Å²) in [5.41, 5.74) is 2.06. The molecule has 148 valence electrons. The normalized spacial score (nSPS) is 16.6. The average Bonchev–Trinajstić information content (AvgIpc) is 3.34. The minimum Gasteiger partial charge on any atom is -0.351 e. The van der Waals surface area contributed by atoms with E-state index in [1.54, 1.807) is 5.38 Å². The van der Waals surface area contributed by atoms with Gasteiger partial charge in [0, 0.05) is 31.9 Å². The highest BCUT2D eigenvalue weighted by Gasteiger charge is 2.31. The van der Waals surface area contributed by atoms with E-state index >= 15 is 0 Å². The maximum absolute atomic E-state index is 12.8. The first-order valence-electron chi connectivity index (χ1n) is 9.16. The van der Waals surface area contributed by atoms with Gasteiger partial charge in [-0.3, -0.25) is 9.48 Å². The van der Waals surface area contributed by atoms with Gasteiger partial charge in [0.05, 0.1) is 5.69 Å². The Morgan fingerprint density at radius 3 is 2.67 bits per heavy atom. The summed E-state index contributed by atoms with van der Waals surface area (Å²) in [7, 11) is -3.59. The fourth-order valence-corrected chi connectivity index (χ4v) is 6.13. The van der Waals surface area contributed by atoms with E-state index < -0.39 is 10.0 Å². The molecule has 3 rings (SSSR count). The molecule has 7 nitrogen and oxygen atoms in total. The number of hydrogen-bond acceptors (Lipinski definition) is 5. The van der Waals surface area contributed by atoms with Crippen molar-refractivity contribution in [3.63, 3.8) is 0 Å². The summed E-state index contributed by atoms with van der Waals surface area (Å²) in [6, 6.07) is 3.55. The molecule has 0 spiro atoms. The maximum Gasteiger partial charge on any atom is 0.262 e. The maximum atomic E-state index is 12.8. The molecule has 3 heterocycles. The lowest BCUT2D eigenvalue weighted by molar-refractivity contribution is 0.0947. The molecule has 0 bridgehead atoms. The summed E-state index contributed by atoms with van der Waals surface area (Å²) in [6.07, 6.45) is 1.74. The summed E-state index contributed by atoms with van der Waals surface area (Å²) in [4.78, 5) is 13.0. The summed E-state index contributed by atoms with van der Waals surface area (Å²) >= 11 is 1.17. The Bertz CT molecular complexity index is 911. The minimum atomic E-state index is -3.59. The average molecular weight is 411 g/mol. The van der Waals surface area contributed by atoms with Crippen molar-refractivity contribution >= 4 is 27.3 Å². The fraction of sp³-hybridized carbons (Fsp3) is 0.556. The van der Waals surface area contributed by atoms with Gasteiger partial charge in [-0.15, -0.1) is 11.3 Å². The number of carbonyl (C=O) groups excluding carboxylic acids is 1. The third-order valence-electron chi connectivity index (χ3n) is 4.72. The number of thiophene rings is 1. The van der Waals surface area contributed by atoms with E-state index in [2.05, 4.69) is 10.4 Å². The van der Waals surface area contributed by atoms with E-state index in [1.807, 2.05) is 31.5 Å². The minimum absolute atomic E-state index is 0.123. The van der Waals surface area contributed by atoms with E-state index in [4.69, 9.17) is 0 Å². The van der Waals surface area contributed by atoms with Crippen LogP contribution in [0.15, 0.2) is 22.4 Å². The van der Waals surface area contributed by atoms with Gasteiger partial charge in [0.15, 0.2) is 0 Å². The Hall–Kier alpha value is -1.71. The molecule has 27 heavy (non-hydrogen) atoms. The highest BCUT2D eigenvalue weighted by molar-refractivity contribution is 7.89. The van der Waals surface area contributed by atoms with Crippen molar-refractivity contribution < 1.29 is 13.2 Å². The van der Waals surface area contributed by atoms with Crippen molar-refractivity contribution in [2.24, 2.45) is 5.92 Å². The number of aryl methyl sites for hydroxylation is 2. The molecule has 0 aromatic carbocycles. The third kappa shape index (κ3) is 4.41. The van der Waals surface area contributed by atoms with Crippen LogP contribution in [0.1, 0.15) is 40.8 Å². The number of carbonyl (C=O) groups is 1. The number of aromatic nitrogens is 2. The van der Waals surface area contributed by atoms with Gasteiger partial charge in [0.2, 0.25) is 10.0 Å². The molecule has 1 saturated heterocycles. The molecule has 1 aliphatic rings. The fourth-order valence-electron chi connectivity index (χ4n) is 3.30. The largest absolute Gasteiger partial charge is 0.351 e. The highest BCUT2D eigenvalue weighted by atomic mass is 32.2. The van der Waals surface area contributed by atoms with Gasteiger partial charge in [-0.05, 0) is 50.1 Å². The predicted molar refractivity (Wildman–Crippen MR) is 106 cm³/mol. The molecule has 2 aromatic heterocycles. The molecule has 1 fully saturated rings. The zero-order valence-electron chi connectivity index (χ0n) is 15.9. The van der Waals surface area contributed by atoms with Crippen molar-refractivity contribution in [2.75, 3.05) is 19.6 Å². The number of hydrogen-bond donors (Lipinski definition) is 1. The number of nitrogens with zero attached hydrogens (tertiary/aromatic N) is 3. The van der Waals surface area contributed by atoms with Crippen LogP contribution in [0.5, 0.6) is 0 Å². The van der Waals surface area contributed by atoms with Gasteiger partial charge in [0.1, 0.15) is 9.77 Å². The van der Waals surface area contributed by atoms with Crippen molar-refractivity contribution in [2.45, 2.75) is 45.1 Å². The van der Waals surface area contributed by atoms with E-state index in [1.165, 1.54) is 21.7 Å². The molecular formula is C18H26N4O3S2. The first-order valence-corrected chi connectivity index (χ1v) is 11.5. The van der Waals surface area contributed by atoms with E-state index in [0.29, 0.717) is 26.2 Å². The first-order chi connectivity index (χ1) is 12.8. The molecule has 2 aromatic rings. The zero-order valence-corrected chi connectivity index (χ0v) is 17.6. The smallest absolute Gasteiger partial charge is 0.262 e. The summed E-state index contributed by atoms with van der Waals surface area (Å²) in [5.74, 6) is -0.159. The van der Waals surface area contributed by atoms with Crippen molar-refractivity contribution in [1.29, 1.82) is 0 Å². The molecular weight excluding hydrogens is 384 g/mol. The molecule has 0 aliphatic carbocycles. The number of rotatable bonds is 7. The molecule has 9 heteroatoms. The lowest BCUT2D eigenvalue weighted by atomic mass is 10.2. The Morgan fingerprint density at radius 1 is 1.33 bits per heavy atom. The van der Waals surface area contributed by atoms with Crippen LogP contribution >= 0.6 is 11.3 Å². The Morgan fingerprint density at radius 2 is 2.04 bits per heavy atom. The monoisotopic (exact) mass is 410 g/mol. The molecule has 1 atom stereocenters. The van der Waals surface area contributed by atoms with Crippen molar-refractivity contribution in [1.82, 2.24) is 19.4 Å². The second-order valence-electron chi connectivity index (χ2n) is 7.15. The molecule has 0 radical (unpaired) electrons. The number of nitrogens with one attached hydrogen (secondary N) is 1. The standard InChI is InChI=1S/C18H26N4O3S2/c1-13(12-22-15(3)10-14(2)20-22)11-19-18(23)17-16(6-9-26-17)27(24,25)21-7-4-5-8-21/h6,9-10,13H,4-5,7-8,11-12H2,1-3H3,(H,19,23)/t13-/m0/s1. The molecule has 1 N–H and O–H groups in total. The van der Waals surface area contributed by atoms with Gasteiger partial charge in [-0.2, -0.15) is 9.40 Å². The highest BCUT2D eigenvalue weighted by Crippen LogP contribution is 2.27. The van der Waals surface area contributed by atoms with Crippen LogP contribution in [-0.4, -0.2) is 48.0 Å². The molecule has 1 amide bonds. The lowest BCUT2D eigenvalue weighted by Crippen LogP contribution is -2.32. The van der Waals surface area contributed by atoms with Gasteiger partial charge >= 0.3 is 0 Å². The summed E-state index contributed by atoms with van der Waals surface area (Å²) in [6.45, 7) is 8.20. The number of amides is 1. The third-order valence-corrected chi connectivity index (χ3v) is 7.70. The van der Waals surface area contributed by atoms with E-state index in [0.717, 1.165) is 24.2 Å². The van der Waals surface area contributed by atoms with Crippen LogP contribution in [0.3, 0.4) is 0 Å². The predicted octanol–water partition coefficient (Wildman–Crippen LogP) is 2.41. The Balaban J connectivity index is 1.63. The zero-order chi connectivity index (χ0) is 19.6.